The molecular formula is C28H31N5O3. The zero-order valence-corrected chi connectivity index (χ0v) is 21.2. The molecule has 2 amide bonds. The second-order valence-electron chi connectivity index (χ2n) is 9.75. The SMILES string of the molecule is COc1cccc([C@@H](C(=O)NC(C)(C)C)N(C(=O)Cn2nnc3ccccc32)c2ccc(C)cc2)c1. The summed E-state index contributed by atoms with van der Waals surface area (Å²) in [6.45, 7) is 7.62. The van der Waals surface area contributed by atoms with Gasteiger partial charge in [-0.25, -0.2) is 4.68 Å². The molecule has 1 aromatic heterocycles. The molecule has 0 spiro atoms. The van der Waals surface area contributed by atoms with Crippen LogP contribution in [0.15, 0.2) is 72.8 Å². The number of aryl methyl sites for hydroxylation is 1. The van der Waals surface area contributed by atoms with Crippen LogP contribution in [0.3, 0.4) is 0 Å². The largest absolute Gasteiger partial charge is 0.497 e. The minimum atomic E-state index is -0.940. The zero-order chi connectivity index (χ0) is 25.9. The van der Waals surface area contributed by atoms with Crippen LogP contribution in [0.25, 0.3) is 11.0 Å². The van der Waals surface area contributed by atoms with Gasteiger partial charge < -0.3 is 10.1 Å². The number of carbonyl (C=O) groups excluding carboxylic acids is 2. The molecule has 0 fully saturated rings. The summed E-state index contributed by atoms with van der Waals surface area (Å²) in [7, 11) is 1.57. The number of anilines is 1. The first kappa shape index (κ1) is 24.9. The van der Waals surface area contributed by atoms with E-state index in [9.17, 15) is 9.59 Å². The van der Waals surface area contributed by atoms with Crippen LogP contribution in [0.5, 0.6) is 5.75 Å². The number of amides is 2. The lowest BCUT2D eigenvalue weighted by Crippen LogP contribution is -2.50. The lowest BCUT2D eigenvalue weighted by molar-refractivity contribution is -0.128. The van der Waals surface area contributed by atoms with Gasteiger partial charge in [-0.3, -0.25) is 14.5 Å². The number of para-hydroxylation sites is 1. The molecule has 8 heteroatoms. The van der Waals surface area contributed by atoms with E-state index in [1.807, 2.05) is 94.4 Å². The lowest BCUT2D eigenvalue weighted by Gasteiger charge is -2.34. The Hall–Kier alpha value is -4.20. The molecule has 1 heterocycles. The van der Waals surface area contributed by atoms with Crippen LogP contribution in [-0.4, -0.2) is 39.5 Å². The van der Waals surface area contributed by atoms with Crippen molar-refractivity contribution in [3.8, 4) is 5.75 Å². The number of nitrogens with one attached hydrogen (secondary N) is 1. The molecule has 1 atom stereocenters. The summed E-state index contributed by atoms with van der Waals surface area (Å²) in [6, 6.07) is 21.3. The third-order valence-electron chi connectivity index (χ3n) is 5.70. The highest BCUT2D eigenvalue weighted by molar-refractivity contribution is 6.01. The van der Waals surface area contributed by atoms with Gasteiger partial charge in [0.1, 0.15) is 23.9 Å². The van der Waals surface area contributed by atoms with E-state index in [4.69, 9.17) is 4.74 Å². The van der Waals surface area contributed by atoms with Crippen molar-refractivity contribution in [1.29, 1.82) is 0 Å². The van der Waals surface area contributed by atoms with Crippen molar-refractivity contribution in [3.05, 3.63) is 83.9 Å². The maximum absolute atomic E-state index is 14.0. The van der Waals surface area contributed by atoms with Crippen molar-refractivity contribution < 1.29 is 14.3 Å². The molecule has 0 bridgehead atoms. The summed E-state index contributed by atoms with van der Waals surface area (Å²) in [6.07, 6.45) is 0. The molecule has 0 aliphatic heterocycles. The van der Waals surface area contributed by atoms with Crippen molar-refractivity contribution in [2.75, 3.05) is 12.0 Å². The number of benzene rings is 3. The number of aromatic nitrogens is 3. The predicted octanol–water partition coefficient (Wildman–Crippen LogP) is 4.44. The van der Waals surface area contributed by atoms with E-state index in [1.165, 1.54) is 4.90 Å². The first-order chi connectivity index (χ1) is 17.2. The molecule has 0 aliphatic carbocycles. The number of fused-ring (bicyclic) bond motifs is 1. The third kappa shape index (κ3) is 5.54. The number of methoxy groups -OCH3 is 1. The van der Waals surface area contributed by atoms with Crippen molar-refractivity contribution in [3.63, 3.8) is 0 Å². The molecule has 0 radical (unpaired) electrons. The summed E-state index contributed by atoms with van der Waals surface area (Å²) in [5, 5.41) is 11.4. The Morgan fingerprint density at radius 2 is 1.75 bits per heavy atom. The highest BCUT2D eigenvalue weighted by atomic mass is 16.5. The maximum Gasteiger partial charge on any atom is 0.249 e. The molecule has 3 aromatic carbocycles. The van der Waals surface area contributed by atoms with Crippen LogP contribution in [0.4, 0.5) is 5.69 Å². The van der Waals surface area contributed by atoms with Gasteiger partial charge in [0.25, 0.3) is 0 Å². The Kier molecular flexibility index (Phi) is 7.05. The molecule has 4 aromatic rings. The maximum atomic E-state index is 14.0. The van der Waals surface area contributed by atoms with Crippen LogP contribution in [0.1, 0.15) is 37.9 Å². The molecule has 0 saturated heterocycles. The van der Waals surface area contributed by atoms with Gasteiger partial charge in [-0.1, -0.05) is 47.2 Å². The van der Waals surface area contributed by atoms with Gasteiger partial charge in [0.2, 0.25) is 11.8 Å². The lowest BCUT2D eigenvalue weighted by atomic mass is 10.00. The van der Waals surface area contributed by atoms with Crippen LogP contribution in [0.2, 0.25) is 0 Å². The number of rotatable bonds is 7. The first-order valence-electron chi connectivity index (χ1n) is 11.8. The predicted molar refractivity (Wildman–Crippen MR) is 140 cm³/mol. The molecular weight excluding hydrogens is 454 g/mol. The van der Waals surface area contributed by atoms with Gasteiger partial charge in [-0.15, -0.1) is 5.10 Å². The van der Waals surface area contributed by atoms with Gasteiger partial charge in [-0.2, -0.15) is 0 Å². The number of nitrogens with zero attached hydrogens (tertiary/aromatic N) is 4. The number of carbonyl (C=O) groups is 2. The van der Waals surface area contributed by atoms with Crippen LogP contribution in [0, 0.1) is 6.92 Å². The number of ether oxygens (including phenoxy) is 1. The van der Waals surface area contributed by atoms with Gasteiger partial charge in [-0.05, 0) is 69.7 Å². The summed E-state index contributed by atoms with van der Waals surface area (Å²) in [5.74, 6) is -0.000791. The minimum Gasteiger partial charge on any atom is -0.497 e. The fraction of sp³-hybridized carbons (Fsp3) is 0.286. The quantitative estimate of drug-likeness (QED) is 0.418. The van der Waals surface area contributed by atoms with Crippen molar-refractivity contribution >= 4 is 28.5 Å². The van der Waals surface area contributed by atoms with Crippen molar-refractivity contribution in [2.24, 2.45) is 0 Å². The van der Waals surface area contributed by atoms with E-state index >= 15 is 0 Å². The summed E-state index contributed by atoms with van der Waals surface area (Å²) in [5.41, 5.74) is 3.22. The topological polar surface area (TPSA) is 89.4 Å². The average molecular weight is 486 g/mol. The van der Waals surface area contributed by atoms with Crippen LogP contribution in [-0.2, 0) is 16.1 Å². The third-order valence-corrected chi connectivity index (χ3v) is 5.70. The zero-order valence-electron chi connectivity index (χ0n) is 21.2. The van der Waals surface area contributed by atoms with E-state index in [2.05, 4.69) is 15.6 Å². The second kappa shape index (κ2) is 10.2. The Bertz CT molecular complexity index is 1370. The van der Waals surface area contributed by atoms with E-state index in [-0.39, 0.29) is 18.4 Å². The molecule has 8 nitrogen and oxygen atoms in total. The fourth-order valence-electron chi connectivity index (χ4n) is 4.05. The Morgan fingerprint density at radius 3 is 2.44 bits per heavy atom. The number of hydrogen-bond donors (Lipinski definition) is 1. The molecule has 4 rings (SSSR count). The smallest absolute Gasteiger partial charge is 0.249 e. The highest BCUT2D eigenvalue weighted by Crippen LogP contribution is 2.31. The minimum absolute atomic E-state index is 0.0857. The van der Waals surface area contributed by atoms with Crippen molar-refractivity contribution in [2.45, 2.75) is 45.8 Å². The van der Waals surface area contributed by atoms with Gasteiger partial charge in [0.15, 0.2) is 0 Å². The average Bonchev–Trinajstić information content (AvgIpc) is 3.24. The first-order valence-corrected chi connectivity index (χ1v) is 11.8. The molecule has 0 saturated carbocycles. The molecule has 0 unspecified atom stereocenters. The molecule has 36 heavy (non-hydrogen) atoms. The Labute approximate surface area is 210 Å². The van der Waals surface area contributed by atoms with E-state index in [0.29, 0.717) is 22.5 Å². The van der Waals surface area contributed by atoms with Gasteiger partial charge >= 0.3 is 0 Å². The van der Waals surface area contributed by atoms with Crippen LogP contribution >= 0.6 is 0 Å². The summed E-state index contributed by atoms with van der Waals surface area (Å²) >= 11 is 0. The molecule has 1 N–H and O–H groups in total. The molecule has 186 valence electrons. The highest BCUT2D eigenvalue weighted by Gasteiger charge is 2.35. The van der Waals surface area contributed by atoms with Gasteiger partial charge in [0.05, 0.1) is 12.6 Å². The second-order valence-corrected chi connectivity index (χ2v) is 9.75. The molecule has 0 aliphatic rings. The van der Waals surface area contributed by atoms with Gasteiger partial charge in [0, 0.05) is 11.2 Å². The normalized spacial score (nSPS) is 12.2. The summed E-state index contributed by atoms with van der Waals surface area (Å²) < 4.78 is 6.98. The fourth-order valence-corrected chi connectivity index (χ4v) is 4.05. The van der Waals surface area contributed by atoms with Crippen molar-refractivity contribution in [1.82, 2.24) is 20.3 Å². The Morgan fingerprint density at radius 1 is 1.03 bits per heavy atom. The van der Waals surface area contributed by atoms with Crippen LogP contribution < -0.4 is 15.0 Å². The van der Waals surface area contributed by atoms with E-state index in [0.717, 1.165) is 11.1 Å². The Balaban J connectivity index is 1.83. The van der Waals surface area contributed by atoms with E-state index in [1.54, 1.807) is 17.9 Å². The standard InChI is InChI=1S/C28H31N5O3/c1-19-13-15-21(16-14-19)33(25(34)18-32-24-12-7-6-11-23(24)30-31-32)26(27(35)29-28(2,3)4)20-9-8-10-22(17-20)36-5/h6-17,26H,18H2,1-5H3,(H,29,35)/t26-/m0/s1. The summed E-state index contributed by atoms with van der Waals surface area (Å²) in [4.78, 5) is 29.3. The van der Waals surface area contributed by atoms with E-state index < -0.39 is 11.6 Å². The monoisotopic (exact) mass is 485 g/mol. The number of hydrogen-bond acceptors (Lipinski definition) is 5.